The van der Waals surface area contributed by atoms with Crippen LogP contribution in [0.3, 0.4) is 0 Å². The lowest BCUT2D eigenvalue weighted by molar-refractivity contribution is 0.800. The maximum atomic E-state index is 8.91. The second-order valence-corrected chi connectivity index (χ2v) is 6.20. The molecule has 3 aromatic rings. The van der Waals surface area contributed by atoms with E-state index in [1.54, 1.807) is 6.08 Å². The summed E-state index contributed by atoms with van der Waals surface area (Å²) in [7, 11) is 0. The predicted octanol–water partition coefficient (Wildman–Crippen LogP) is 5.32. The van der Waals surface area contributed by atoms with Gasteiger partial charge in [0, 0.05) is 18.8 Å². The fourth-order valence-electron chi connectivity index (χ4n) is 2.88. The van der Waals surface area contributed by atoms with E-state index >= 15 is 0 Å². The molecule has 0 fully saturated rings. The molecule has 0 unspecified atom stereocenters. The summed E-state index contributed by atoms with van der Waals surface area (Å²) in [6.45, 7) is 1.60. The maximum absolute atomic E-state index is 8.91. The molecule has 0 amide bonds. The van der Waals surface area contributed by atoms with E-state index in [0.717, 1.165) is 24.3 Å². The lowest BCUT2D eigenvalue weighted by atomic mass is 10.1. The lowest BCUT2D eigenvalue weighted by Gasteiger charge is -2.25. The minimum absolute atomic E-state index is 0.105. The van der Waals surface area contributed by atoms with Gasteiger partial charge in [-0.15, -0.1) is 0 Å². The molecule has 0 aliphatic heterocycles. The second-order valence-electron chi connectivity index (χ2n) is 6.20. The zero-order valence-corrected chi connectivity index (χ0v) is 14.9. The van der Waals surface area contributed by atoms with Gasteiger partial charge in [-0.1, -0.05) is 72.8 Å². The van der Waals surface area contributed by atoms with Crippen molar-refractivity contribution in [2.45, 2.75) is 13.1 Å². The first-order valence-electron chi connectivity index (χ1n) is 8.73. The van der Waals surface area contributed by atoms with E-state index in [4.69, 9.17) is 10.5 Å². The molecule has 0 saturated heterocycles. The molecule has 0 atom stereocenters. The largest absolute Gasteiger partial charge is 0.363 e. The molecule has 0 bridgehead atoms. The molecule has 0 aliphatic rings. The summed E-state index contributed by atoms with van der Waals surface area (Å²) in [4.78, 5) is 2.31. The van der Waals surface area contributed by atoms with Crippen LogP contribution in [0.25, 0.3) is 6.08 Å². The minimum Gasteiger partial charge on any atom is -0.363 e. The third-order valence-corrected chi connectivity index (χ3v) is 4.24. The Balaban J connectivity index is 1.87. The van der Waals surface area contributed by atoms with E-state index in [-0.39, 0.29) is 5.57 Å². The summed E-state index contributed by atoms with van der Waals surface area (Å²) in [6.07, 6.45) is 1.60. The summed E-state index contributed by atoms with van der Waals surface area (Å²) in [5, 5.41) is 17.8. The molecule has 0 radical (unpaired) electrons. The highest BCUT2D eigenvalue weighted by Gasteiger charge is 2.09. The van der Waals surface area contributed by atoms with E-state index in [1.807, 2.05) is 48.5 Å². The van der Waals surface area contributed by atoms with Crippen LogP contribution in [0.15, 0.2) is 90.5 Å². The van der Waals surface area contributed by atoms with Crippen LogP contribution in [0.2, 0.25) is 0 Å². The first-order chi connectivity index (χ1) is 13.3. The molecule has 0 saturated carbocycles. The van der Waals surface area contributed by atoms with Crippen molar-refractivity contribution in [2.75, 3.05) is 4.90 Å². The fraction of sp³-hybridized carbons (Fsp3) is 0.0833. The maximum Gasteiger partial charge on any atom is 0.130 e. The molecule has 3 rings (SSSR count). The second kappa shape index (κ2) is 9.04. The normalized spacial score (nSPS) is 9.70. The van der Waals surface area contributed by atoms with Gasteiger partial charge in [0.2, 0.25) is 0 Å². The molecule has 0 aromatic heterocycles. The standard InChI is InChI=1S/C24H19N3/c25-16-23(17-26)15-20-11-13-24(14-12-20)27(18-21-7-3-1-4-8-21)19-22-9-5-2-6-10-22/h1-15H,18-19H2. The molecule has 130 valence electrons. The number of anilines is 1. The molecule has 0 heterocycles. The lowest BCUT2D eigenvalue weighted by Crippen LogP contribution is -2.22. The van der Waals surface area contributed by atoms with Gasteiger partial charge in [-0.3, -0.25) is 0 Å². The van der Waals surface area contributed by atoms with Crippen molar-refractivity contribution in [2.24, 2.45) is 0 Å². The van der Waals surface area contributed by atoms with Gasteiger partial charge < -0.3 is 4.90 Å². The van der Waals surface area contributed by atoms with Crippen molar-refractivity contribution >= 4 is 11.8 Å². The zero-order chi connectivity index (χ0) is 18.9. The zero-order valence-electron chi connectivity index (χ0n) is 14.9. The van der Waals surface area contributed by atoms with E-state index in [1.165, 1.54) is 11.1 Å². The Morgan fingerprint density at radius 3 is 1.63 bits per heavy atom. The van der Waals surface area contributed by atoms with Gasteiger partial charge >= 0.3 is 0 Å². The van der Waals surface area contributed by atoms with Crippen LogP contribution in [0, 0.1) is 22.7 Å². The van der Waals surface area contributed by atoms with Gasteiger partial charge in [0.25, 0.3) is 0 Å². The van der Waals surface area contributed by atoms with Crippen LogP contribution >= 0.6 is 0 Å². The monoisotopic (exact) mass is 349 g/mol. The smallest absolute Gasteiger partial charge is 0.130 e. The number of hydrogen-bond donors (Lipinski definition) is 0. The predicted molar refractivity (Wildman–Crippen MR) is 108 cm³/mol. The Bertz CT molecular complexity index is 918. The third-order valence-electron chi connectivity index (χ3n) is 4.24. The van der Waals surface area contributed by atoms with E-state index < -0.39 is 0 Å². The van der Waals surface area contributed by atoms with Crippen molar-refractivity contribution in [1.29, 1.82) is 10.5 Å². The molecule has 27 heavy (non-hydrogen) atoms. The van der Waals surface area contributed by atoms with Gasteiger partial charge in [0.05, 0.1) is 0 Å². The highest BCUT2D eigenvalue weighted by atomic mass is 15.1. The number of nitrogens with zero attached hydrogens (tertiary/aromatic N) is 3. The van der Waals surface area contributed by atoms with Crippen molar-refractivity contribution < 1.29 is 0 Å². The average molecular weight is 349 g/mol. The molecule has 3 aromatic carbocycles. The number of nitriles is 2. The van der Waals surface area contributed by atoms with Crippen LogP contribution in [0.1, 0.15) is 16.7 Å². The highest BCUT2D eigenvalue weighted by Crippen LogP contribution is 2.22. The summed E-state index contributed by atoms with van der Waals surface area (Å²) in [5.41, 5.74) is 4.53. The van der Waals surface area contributed by atoms with Crippen molar-refractivity contribution in [3.63, 3.8) is 0 Å². The fourth-order valence-corrected chi connectivity index (χ4v) is 2.88. The van der Waals surface area contributed by atoms with Gasteiger partial charge in [-0.05, 0) is 34.9 Å². The van der Waals surface area contributed by atoms with Gasteiger partial charge in [-0.2, -0.15) is 10.5 Å². The Morgan fingerprint density at radius 2 is 1.19 bits per heavy atom. The Labute approximate surface area is 160 Å². The summed E-state index contributed by atoms with van der Waals surface area (Å²) in [6, 6.07) is 32.5. The quantitative estimate of drug-likeness (QED) is 0.566. The first kappa shape index (κ1) is 18.0. The number of rotatable bonds is 6. The van der Waals surface area contributed by atoms with E-state index in [2.05, 4.69) is 53.4 Å². The van der Waals surface area contributed by atoms with Crippen molar-refractivity contribution in [1.82, 2.24) is 0 Å². The van der Waals surface area contributed by atoms with Crippen LogP contribution in [-0.4, -0.2) is 0 Å². The van der Waals surface area contributed by atoms with Gasteiger partial charge in [-0.25, -0.2) is 0 Å². The van der Waals surface area contributed by atoms with Crippen molar-refractivity contribution in [3.05, 3.63) is 107 Å². The summed E-state index contributed by atoms with van der Waals surface area (Å²) < 4.78 is 0. The summed E-state index contributed by atoms with van der Waals surface area (Å²) >= 11 is 0. The number of allylic oxidation sites excluding steroid dienone is 1. The Morgan fingerprint density at radius 1 is 0.704 bits per heavy atom. The van der Waals surface area contributed by atoms with Gasteiger partial charge in [0.15, 0.2) is 0 Å². The topological polar surface area (TPSA) is 50.8 Å². The SMILES string of the molecule is N#CC(C#N)=Cc1ccc(N(Cc2ccccc2)Cc2ccccc2)cc1. The third kappa shape index (κ3) is 5.08. The Hall–Kier alpha value is -3.82. The molecule has 3 nitrogen and oxygen atoms in total. The number of benzene rings is 3. The summed E-state index contributed by atoms with van der Waals surface area (Å²) in [5.74, 6) is 0. The molecular weight excluding hydrogens is 330 g/mol. The first-order valence-corrected chi connectivity index (χ1v) is 8.73. The van der Waals surface area contributed by atoms with Crippen molar-refractivity contribution in [3.8, 4) is 12.1 Å². The van der Waals surface area contributed by atoms with E-state index in [0.29, 0.717) is 0 Å². The van der Waals surface area contributed by atoms with Gasteiger partial charge in [0.1, 0.15) is 17.7 Å². The molecule has 0 N–H and O–H groups in total. The van der Waals surface area contributed by atoms with Crippen LogP contribution in [-0.2, 0) is 13.1 Å². The molecule has 0 aliphatic carbocycles. The van der Waals surface area contributed by atoms with Crippen LogP contribution in [0.5, 0.6) is 0 Å². The minimum atomic E-state index is 0.105. The molecular formula is C24H19N3. The molecule has 0 spiro atoms. The van der Waals surface area contributed by atoms with Crippen LogP contribution in [0.4, 0.5) is 5.69 Å². The molecule has 3 heteroatoms. The highest BCUT2D eigenvalue weighted by molar-refractivity contribution is 5.64. The Kier molecular flexibility index (Phi) is 6.02. The van der Waals surface area contributed by atoms with Crippen LogP contribution < -0.4 is 4.90 Å². The average Bonchev–Trinajstić information content (AvgIpc) is 2.73. The number of hydrogen-bond acceptors (Lipinski definition) is 3. The van der Waals surface area contributed by atoms with E-state index in [9.17, 15) is 0 Å².